The topological polar surface area (TPSA) is 64.1 Å². The second-order valence-electron chi connectivity index (χ2n) is 6.22. The fourth-order valence-corrected chi connectivity index (χ4v) is 2.25. The molecule has 0 radical (unpaired) electrons. The Balaban J connectivity index is 0.00000529. The van der Waals surface area contributed by atoms with Gasteiger partial charge in [-0.15, -0.1) is 24.0 Å². The van der Waals surface area contributed by atoms with Crippen LogP contribution in [-0.2, 0) is 14.2 Å². The highest BCUT2D eigenvalue weighted by Gasteiger charge is 2.14. The Morgan fingerprint density at radius 3 is 2.75 bits per heavy atom. The van der Waals surface area contributed by atoms with Gasteiger partial charge in [-0.25, -0.2) is 0 Å². The summed E-state index contributed by atoms with van der Waals surface area (Å²) >= 11 is 0. The van der Waals surface area contributed by atoms with E-state index in [1.165, 1.54) is 0 Å². The van der Waals surface area contributed by atoms with Gasteiger partial charge in [0.25, 0.3) is 0 Å². The number of rotatable bonds is 12. The summed E-state index contributed by atoms with van der Waals surface area (Å²) in [5.74, 6) is 1.43. The zero-order valence-corrected chi connectivity index (χ0v) is 17.8. The summed E-state index contributed by atoms with van der Waals surface area (Å²) in [6, 6.07) is 0. The van der Waals surface area contributed by atoms with Crippen molar-refractivity contribution < 1.29 is 14.2 Å². The number of hydrogen-bond donors (Lipinski definition) is 2. The third kappa shape index (κ3) is 13.2. The van der Waals surface area contributed by atoms with Gasteiger partial charge >= 0.3 is 0 Å². The average Bonchev–Trinajstić information content (AvgIpc) is 3.03. The molecular formula is C17H36IN3O3. The van der Waals surface area contributed by atoms with Gasteiger partial charge in [0.15, 0.2) is 5.96 Å². The number of aliphatic imine (C=N–C) groups is 1. The summed E-state index contributed by atoms with van der Waals surface area (Å²) in [4.78, 5) is 4.54. The van der Waals surface area contributed by atoms with E-state index >= 15 is 0 Å². The predicted octanol–water partition coefficient (Wildman–Crippen LogP) is 2.42. The molecule has 1 unspecified atom stereocenters. The van der Waals surface area contributed by atoms with Crippen molar-refractivity contribution in [1.29, 1.82) is 0 Å². The van der Waals surface area contributed by atoms with Crippen LogP contribution in [0.5, 0.6) is 0 Å². The quantitative estimate of drug-likeness (QED) is 0.204. The predicted molar refractivity (Wildman–Crippen MR) is 109 cm³/mol. The summed E-state index contributed by atoms with van der Waals surface area (Å²) in [5.41, 5.74) is 0. The maximum absolute atomic E-state index is 5.64. The number of ether oxygens (including phenoxy) is 3. The zero-order valence-electron chi connectivity index (χ0n) is 15.5. The third-order valence-electron chi connectivity index (χ3n) is 3.38. The van der Waals surface area contributed by atoms with Crippen molar-refractivity contribution in [3.8, 4) is 0 Å². The second kappa shape index (κ2) is 16.4. The minimum atomic E-state index is 0. The molecule has 0 amide bonds. The minimum Gasteiger partial charge on any atom is -0.381 e. The van der Waals surface area contributed by atoms with Gasteiger partial charge in [0.05, 0.1) is 19.3 Å². The third-order valence-corrected chi connectivity index (χ3v) is 3.38. The van der Waals surface area contributed by atoms with Gasteiger partial charge < -0.3 is 24.8 Å². The first kappa shape index (κ1) is 23.9. The van der Waals surface area contributed by atoms with Crippen LogP contribution in [0.2, 0.25) is 0 Å². The molecule has 0 spiro atoms. The highest BCUT2D eigenvalue weighted by Crippen LogP contribution is 2.11. The molecule has 1 atom stereocenters. The lowest BCUT2D eigenvalue weighted by Crippen LogP contribution is -2.39. The molecule has 1 fully saturated rings. The van der Waals surface area contributed by atoms with Crippen molar-refractivity contribution in [1.82, 2.24) is 10.6 Å². The molecule has 0 aromatic rings. The van der Waals surface area contributed by atoms with Crippen LogP contribution in [0.3, 0.4) is 0 Å². The van der Waals surface area contributed by atoms with E-state index in [0.717, 1.165) is 64.7 Å². The van der Waals surface area contributed by atoms with Crippen LogP contribution >= 0.6 is 24.0 Å². The van der Waals surface area contributed by atoms with E-state index < -0.39 is 0 Å². The fraction of sp³-hybridized carbons (Fsp3) is 0.941. The van der Waals surface area contributed by atoms with E-state index in [4.69, 9.17) is 14.2 Å². The first-order chi connectivity index (χ1) is 11.2. The van der Waals surface area contributed by atoms with Crippen molar-refractivity contribution in [3.05, 3.63) is 0 Å². The molecule has 2 N–H and O–H groups in total. The number of nitrogens with one attached hydrogen (secondary N) is 2. The maximum atomic E-state index is 5.64. The van der Waals surface area contributed by atoms with Gasteiger partial charge in [-0.2, -0.15) is 0 Å². The van der Waals surface area contributed by atoms with Crippen LogP contribution in [-0.4, -0.2) is 64.7 Å². The Morgan fingerprint density at radius 2 is 2.08 bits per heavy atom. The van der Waals surface area contributed by atoms with Gasteiger partial charge in [-0.3, -0.25) is 4.99 Å². The van der Waals surface area contributed by atoms with E-state index in [2.05, 4.69) is 36.4 Å². The zero-order chi connectivity index (χ0) is 16.8. The summed E-state index contributed by atoms with van der Waals surface area (Å²) in [6.45, 7) is 12.6. The van der Waals surface area contributed by atoms with Crippen LogP contribution in [0.25, 0.3) is 0 Å². The Bertz CT molecular complexity index is 311. The molecule has 1 aliphatic rings. The van der Waals surface area contributed by atoms with E-state index in [1.54, 1.807) is 0 Å². The van der Waals surface area contributed by atoms with E-state index in [0.29, 0.717) is 25.2 Å². The average molecular weight is 457 g/mol. The molecule has 144 valence electrons. The van der Waals surface area contributed by atoms with Crippen molar-refractivity contribution in [2.24, 2.45) is 10.9 Å². The molecule has 1 rings (SSSR count). The van der Waals surface area contributed by atoms with Gasteiger partial charge in [0, 0.05) is 39.5 Å². The van der Waals surface area contributed by atoms with Gasteiger partial charge in [-0.05, 0) is 32.1 Å². The number of halogens is 1. The van der Waals surface area contributed by atoms with Gasteiger partial charge in [-0.1, -0.05) is 13.8 Å². The monoisotopic (exact) mass is 457 g/mol. The van der Waals surface area contributed by atoms with Gasteiger partial charge in [0.1, 0.15) is 0 Å². The smallest absolute Gasteiger partial charge is 0.191 e. The van der Waals surface area contributed by atoms with E-state index in [-0.39, 0.29) is 24.0 Å². The molecule has 1 saturated heterocycles. The number of guanidine groups is 1. The molecule has 0 aliphatic carbocycles. The molecule has 0 aromatic heterocycles. The summed E-state index contributed by atoms with van der Waals surface area (Å²) in [5, 5.41) is 6.53. The van der Waals surface area contributed by atoms with E-state index in [9.17, 15) is 0 Å². The standard InChI is InChI=1S/C17H35N3O3.HI/c1-4-18-17(19-8-6-10-21-13-15(2)3)20-9-12-22-14-16-7-5-11-23-16;/h15-16H,4-14H2,1-3H3,(H2,18,19,20);1H. The number of nitrogens with zero attached hydrogens (tertiary/aromatic N) is 1. The van der Waals surface area contributed by atoms with Crippen molar-refractivity contribution in [2.75, 3.05) is 52.7 Å². The Labute approximate surface area is 164 Å². The molecule has 0 saturated carbocycles. The Kier molecular flexibility index (Phi) is 16.3. The molecular weight excluding hydrogens is 421 g/mol. The lowest BCUT2D eigenvalue weighted by molar-refractivity contribution is 0.0191. The fourth-order valence-electron chi connectivity index (χ4n) is 2.25. The molecule has 1 heterocycles. The highest BCUT2D eigenvalue weighted by atomic mass is 127. The lowest BCUT2D eigenvalue weighted by atomic mass is 10.2. The molecule has 0 bridgehead atoms. The second-order valence-corrected chi connectivity index (χ2v) is 6.22. The SMILES string of the molecule is CCNC(=NCCCOCC(C)C)NCCOCC1CCCO1.I. The molecule has 6 nitrogen and oxygen atoms in total. The van der Waals surface area contributed by atoms with E-state index in [1.807, 2.05) is 0 Å². The molecule has 24 heavy (non-hydrogen) atoms. The highest BCUT2D eigenvalue weighted by molar-refractivity contribution is 14.0. The summed E-state index contributed by atoms with van der Waals surface area (Å²) in [7, 11) is 0. The van der Waals surface area contributed by atoms with Crippen LogP contribution in [0.4, 0.5) is 0 Å². The van der Waals surface area contributed by atoms with Crippen molar-refractivity contribution in [2.45, 2.75) is 46.1 Å². The lowest BCUT2D eigenvalue weighted by Gasteiger charge is -2.13. The molecule has 0 aromatic carbocycles. The first-order valence-corrected chi connectivity index (χ1v) is 9.01. The molecule has 7 heteroatoms. The normalized spacial score (nSPS) is 17.8. The maximum Gasteiger partial charge on any atom is 0.191 e. The van der Waals surface area contributed by atoms with Crippen LogP contribution < -0.4 is 10.6 Å². The molecule has 1 aliphatic heterocycles. The summed E-state index contributed by atoms with van der Waals surface area (Å²) < 4.78 is 16.7. The van der Waals surface area contributed by atoms with Crippen molar-refractivity contribution in [3.63, 3.8) is 0 Å². The largest absolute Gasteiger partial charge is 0.381 e. The van der Waals surface area contributed by atoms with Gasteiger partial charge in [0.2, 0.25) is 0 Å². The first-order valence-electron chi connectivity index (χ1n) is 9.01. The Hall–Kier alpha value is -0.120. The van der Waals surface area contributed by atoms with Crippen LogP contribution in [0.1, 0.15) is 40.0 Å². The number of hydrogen-bond acceptors (Lipinski definition) is 4. The minimum absolute atomic E-state index is 0. The van der Waals surface area contributed by atoms with Crippen LogP contribution in [0.15, 0.2) is 4.99 Å². The summed E-state index contributed by atoms with van der Waals surface area (Å²) in [6.07, 6.45) is 3.52. The van der Waals surface area contributed by atoms with Crippen LogP contribution in [0, 0.1) is 5.92 Å². The van der Waals surface area contributed by atoms with Crippen molar-refractivity contribution >= 4 is 29.9 Å². The Morgan fingerprint density at radius 1 is 1.25 bits per heavy atom.